The molecule has 0 atom stereocenters. The summed E-state index contributed by atoms with van der Waals surface area (Å²) in [4.78, 5) is 12.5. The van der Waals surface area contributed by atoms with Gasteiger partial charge in [-0.3, -0.25) is 0 Å². The molecular weight excluding hydrogens is 320 g/mol. The first-order valence-corrected chi connectivity index (χ1v) is 8.16. The van der Waals surface area contributed by atoms with E-state index in [0.29, 0.717) is 23.1 Å². The molecule has 0 saturated heterocycles. The average Bonchev–Trinajstić information content (AvgIpc) is 3.16. The quantitative estimate of drug-likeness (QED) is 0.488. The van der Waals surface area contributed by atoms with Gasteiger partial charge in [0.05, 0.1) is 12.2 Å². The van der Waals surface area contributed by atoms with Crippen LogP contribution in [-0.2, 0) is 6.54 Å². The van der Waals surface area contributed by atoms with Crippen molar-refractivity contribution in [2.45, 2.75) is 13.5 Å². The minimum atomic E-state index is -0.0102. The molecule has 3 aromatic rings. The van der Waals surface area contributed by atoms with E-state index in [2.05, 4.69) is 20.3 Å². The van der Waals surface area contributed by atoms with Gasteiger partial charge in [-0.2, -0.15) is 4.99 Å². The van der Waals surface area contributed by atoms with Gasteiger partial charge in [0.1, 0.15) is 11.5 Å². The van der Waals surface area contributed by atoms with Crippen LogP contribution in [0.2, 0.25) is 0 Å². The molecule has 3 aromatic heterocycles. The second kappa shape index (κ2) is 6.16. The molecule has 0 aliphatic carbocycles. The van der Waals surface area contributed by atoms with E-state index < -0.39 is 0 Å². The van der Waals surface area contributed by atoms with Gasteiger partial charge in [0.2, 0.25) is 5.13 Å². The van der Waals surface area contributed by atoms with Crippen LogP contribution in [0.3, 0.4) is 0 Å². The maximum absolute atomic E-state index is 5.76. The third-order valence-corrected chi connectivity index (χ3v) is 4.32. The van der Waals surface area contributed by atoms with Crippen LogP contribution >= 0.6 is 22.7 Å². The summed E-state index contributed by atoms with van der Waals surface area (Å²) >= 11 is 2.92. The molecule has 3 heterocycles. The molecule has 114 valence electrons. The molecule has 9 heteroatoms. The van der Waals surface area contributed by atoms with E-state index in [4.69, 9.17) is 15.9 Å². The summed E-state index contributed by atoms with van der Waals surface area (Å²) < 4.78 is 5.76. The van der Waals surface area contributed by atoms with Crippen LogP contribution in [0.5, 0.6) is 0 Å². The number of hydrogen-bond acceptors (Lipinski definition) is 7. The van der Waals surface area contributed by atoms with Crippen molar-refractivity contribution in [1.82, 2.24) is 9.97 Å². The lowest BCUT2D eigenvalue weighted by Crippen LogP contribution is -2.21. The first-order chi connectivity index (χ1) is 10.6. The van der Waals surface area contributed by atoms with Gasteiger partial charge in [0.15, 0.2) is 16.9 Å². The van der Waals surface area contributed by atoms with Gasteiger partial charge in [0.25, 0.3) is 0 Å². The van der Waals surface area contributed by atoms with E-state index in [1.54, 1.807) is 11.3 Å². The standard InChI is InChI=1S/C13H14N6OS2/c1-7-5-21-12(17-7)16-4-8-2-3-10(20-8)9-6-22-13(18-9)19-11(14)15/h2-3,5-6H,4H2,1H3,(H,16,17)(H4,14,15,18,19). The topological polar surface area (TPSA) is 115 Å². The number of rotatable bonds is 5. The van der Waals surface area contributed by atoms with Crippen molar-refractivity contribution >= 4 is 38.9 Å². The molecule has 0 unspecified atom stereocenters. The highest BCUT2D eigenvalue weighted by Crippen LogP contribution is 2.28. The summed E-state index contributed by atoms with van der Waals surface area (Å²) in [7, 11) is 0. The van der Waals surface area contributed by atoms with Crippen LogP contribution in [0.25, 0.3) is 11.5 Å². The Morgan fingerprint density at radius 3 is 2.86 bits per heavy atom. The third kappa shape index (κ3) is 3.43. The number of hydrogen-bond donors (Lipinski definition) is 3. The van der Waals surface area contributed by atoms with Crippen LogP contribution in [0, 0.1) is 6.92 Å². The highest BCUT2D eigenvalue weighted by molar-refractivity contribution is 7.14. The molecule has 0 bridgehead atoms. The first kappa shape index (κ1) is 14.5. The predicted octanol–water partition coefficient (Wildman–Crippen LogP) is 2.69. The molecule has 0 saturated carbocycles. The molecule has 0 amide bonds. The summed E-state index contributed by atoms with van der Waals surface area (Å²) in [6.07, 6.45) is 0. The van der Waals surface area contributed by atoms with Crippen molar-refractivity contribution in [2.24, 2.45) is 16.5 Å². The number of aryl methyl sites for hydroxylation is 1. The average molecular weight is 334 g/mol. The van der Waals surface area contributed by atoms with Gasteiger partial charge >= 0.3 is 0 Å². The van der Waals surface area contributed by atoms with Gasteiger partial charge in [-0.1, -0.05) is 0 Å². The number of nitrogens with two attached hydrogens (primary N) is 2. The SMILES string of the molecule is Cc1csc(NCc2ccc(-c3csc(N=C(N)N)n3)o2)n1. The zero-order chi connectivity index (χ0) is 15.5. The summed E-state index contributed by atoms with van der Waals surface area (Å²) in [5, 5.41) is 8.44. The molecule has 5 N–H and O–H groups in total. The zero-order valence-electron chi connectivity index (χ0n) is 11.7. The molecule has 0 radical (unpaired) electrons. The number of aliphatic imine (C=N–C) groups is 1. The molecule has 22 heavy (non-hydrogen) atoms. The Bertz CT molecular complexity index is 799. The largest absolute Gasteiger partial charge is 0.458 e. The zero-order valence-corrected chi connectivity index (χ0v) is 13.4. The highest BCUT2D eigenvalue weighted by atomic mass is 32.1. The van der Waals surface area contributed by atoms with E-state index >= 15 is 0 Å². The summed E-state index contributed by atoms with van der Waals surface area (Å²) in [6, 6.07) is 3.78. The van der Waals surface area contributed by atoms with Crippen molar-refractivity contribution in [2.75, 3.05) is 5.32 Å². The maximum atomic E-state index is 5.76. The Balaban J connectivity index is 1.68. The Kier molecular flexibility index (Phi) is 4.07. The number of anilines is 1. The Morgan fingerprint density at radius 2 is 2.14 bits per heavy atom. The van der Waals surface area contributed by atoms with Crippen molar-refractivity contribution in [3.8, 4) is 11.5 Å². The Labute approximate surface area is 134 Å². The number of thiazole rings is 2. The second-order valence-corrected chi connectivity index (χ2v) is 6.16. The lowest BCUT2D eigenvalue weighted by Gasteiger charge is -1.98. The Morgan fingerprint density at radius 1 is 1.27 bits per heavy atom. The van der Waals surface area contributed by atoms with E-state index in [0.717, 1.165) is 16.6 Å². The van der Waals surface area contributed by atoms with Crippen molar-refractivity contribution in [3.63, 3.8) is 0 Å². The minimum absolute atomic E-state index is 0.0102. The molecule has 0 aliphatic rings. The number of nitrogens with one attached hydrogen (secondary N) is 1. The van der Waals surface area contributed by atoms with Crippen LogP contribution in [0.1, 0.15) is 11.5 Å². The van der Waals surface area contributed by atoms with Crippen LogP contribution in [0.15, 0.2) is 32.3 Å². The summed E-state index contributed by atoms with van der Waals surface area (Å²) in [5.41, 5.74) is 12.4. The fraction of sp³-hybridized carbons (Fsp3) is 0.154. The van der Waals surface area contributed by atoms with E-state index in [9.17, 15) is 0 Å². The normalized spacial score (nSPS) is 10.6. The van der Waals surface area contributed by atoms with E-state index in [1.165, 1.54) is 11.3 Å². The predicted molar refractivity (Wildman–Crippen MR) is 89.5 cm³/mol. The first-order valence-electron chi connectivity index (χ1n) is 6.40. The molecule has 7 nitrogen and oxygen atoms in total. The minimum Gasteiger partial charge on any atom is -0.458 e. The number of nitrogens with zero attached hydrogens (tertiary/aromatic N) is 3. The summed E-state index contributed by atoms with van der Waals surface area (Å²) in [6.45, 7) is 2.53. The molecule has 0 aliphatic heterocycles. The van der Waals surface area contributed by atoms with Gasteiger partial charge in [-0.25, -0.2) is 9.97 Å². The fourth-order valence-electron chi connectivity index (χ4n) is 1.75. The van der Waals surface area contributed by atoms with Crippen molar-refractivity contribution < 1.29 is 4.42 Å². The van der Waals surface area contributed by atoms with Gasteiger partial charge in [-0.15, -0.1) is 22.7 Å². The van der Waals surface area contributed by atoms with Gasteiger partial charge in [-0.05, 0) is 19.1 Å². The molecule has 0 aromatic carbocycles. The summed E-state index contributed by atoms with van der Waals surface area (Å²) in [5.74, 6) is 1.48. The van der Waals surface area contributed by atoms with Gasteiger partial charge in [0, 0.05) is 10.8 Å². The van der Waals surface area contributed by atoms with E-state index in [-0.39, 0.29) is 5.96 Å². The maximum Gasteiger partial charge on any atom is 0.212 e. The van der Waals surface area contributed by atoms with Crippen molar-refractivity contribution in [3.05, 3.63) is 34.3 Å². The lowest BCUT2D eigenvalue weighted by molar-refractivity contribution is 0.530. The molecule has 0 spiro atoms. The van der Waals surface area contributed by atoms with Crippen molar-refractivity contribution in [1.29, 1.82) is 0 Å². The van der Waals surface area contributed by atoms with Crippen LogP contribution in [-0.4, -0.2) is 15.9 Å². The molecular formula is C13H14N6OS2. The highest BCUT2D eigenvalue weighted by Gasteiger charge is 2.09. The molecule has 3 rings (SSSR count). The third-order valence-electron chi connectivity index (χ3n) is 2.66. The van der Waals surface area contributed by atoms with E-state index in [1.807, 2.05) is 29.8 Å². The second-order valence-electron chi connectivity index (χ2n) is 4.47. The monoisotopic (exact) mass is 334 g/mol. The fourth-order valence-corrected chi connectivity index (χ4v) is 3.13. The van der Waals surface area contributed by atoms with Crippen LogP contribution in [0.4, 0.5) is 10.3 Å². The number of aromatic nitrogens is 2. The lowest BCUT2D eigenvalue weighted by atomic mass is 10.3. The number of guanidine groups is 1. The Hall–Kier alpha value is -2.39. The molecule has 0 fully saturated rings. The smallest absolute Gasteiger partial charge is 0.212 e. The van der Waals surface area contributed by atoms with Gasteiger partial charge < -0.3 is 21.2 Å². The van der Waals surface area contributed by atoms with Crippen LogP contribution < -0.4 is 16.8 Å². The number of furan rings is 1.